The predicted octanol–water partition coefficient (Wildman–Crippen LogP) is 2.69. The second-order valence-corrected chi connectivity index (χ2v) is 11.4. The third kappa shape index (κ3) is 6.78. The number of thioether (sulfide) groups is 1. The van der Waals surface area contributed by atoms with Crippen molar-refractivity contribution in [2.75, 3.05) is 17.7 Å². The van der Waals surface area contributed by atoms with E-state index in [1.807, 2.05) is 60.7 Å². The summed E-state index contributed by atoms with van der Waals surface area (Å²) in [5.74, 6) is -3.28. The SMILES string of the molecule is C=CC1=C(C(=O)O)N2C(=O)C(NC(=O)C(=NOCC(=O)OC(c3ccccc3)c3ccccc3)c3csc(NC=O)n3)[C@H]2SC1. The van der Waals surface area contributed by atoms with Crippen LogP contribution in [0.4, 0.5) is 5.13 Å². The Morgan fingerprint density at radius 2 is 1.80 bits per heavy atom. The topological polar surface area (TPSA) is 177 Å². The first-order valence-electron chi connectivity index (χ1n) is 13.3. The zero-order valence-corrected chi connectivity index (χ0v) is 25.0. The number of aliphatic carboxylic acids is 1. The summed E-state index contributed by atoms with van der Waals surface area (Å²) < 4.78 is 5.71. The number of aromatic nitrogens is 1. The summed E-state index contributed by atoms with van der Waals surface area (Å²) in [6, 6.07) is 17.2. The fourth-order valence-corrected chi connectivity index (χ4v) is 6.61. The van der Waals surface area contributed by atoms with Gasteiger partial charge in [0.25, 0.3) is 11.8 Å². The van der Waals surface area contributed by atoms with Gasteiger partial charge in [-0.15, -0.1) is 23.1 Å². The summed E-state index contributed by atoms with van der Waals surface area (Å²) >= 11 is 2.27. The normalized spacial score (nSPS) is 17.6. The molecule has 0 spiro atoms. The Balaban J connectivity index is 1.31. The number of hydrogen-bond donors (Lipinski definition) is 3. The number of fused-ring (bicyclic) bond motifs is 1. The number of carboxylic acid groups (broad SMARTS) is 1. The van der Waals surface area contributed by atoms with Crippen LogP contribution in [0.25, 0.3) is 0 Å². The zero-order valence-electron chi connectivity index (χ0n) is 23.3. The standard InChI is InChI=1S/C30H25N5O8S2/c1-2-17-14-44-28-23(27(39)35(28)24(17)29(40)41)33-26(38)22(20-15-45-30(32-20)31-16-36)34-42-13-21(37)43-25(18-9-5-3-6-10-18)19-11-7-4-8-12-19/h2-12,15-16,23,25,28H,1,13-14H2,(H,33,38)(H,40,41)(H,31,32,36)/t23?,28-/m1/s1. The molecule has 1 fully saturated rings. The van der Waals surface area contributed by atoms with E-state index in [4.69, 9.17) is 9.57 Å². The monoisotopic (exact) mass is 647 g/mol. The Hall–Kier alpha value is -5.28. The number of amides is 3. The maximum Gasteiger partial charge on any atom is 0.352 e. The minimum atomic E-state index is -1.28. The van der Waals surface area contributed by atoms with Crippen LogP contribution in [0.3, 0.4) is 0 Å². The van der Waals surface area contributed by atoms with E-state index in [1.54, 1.807) is 0 Å². The molecule has 3 aromatic rings. The first-order valence-corrected chi connectivity index (χ1v) is 15.2. The smallest absolute Gasteiger partial charge is 0.352 e. The molecule has 230 valence electrons. The lowest BCUT2D eigenvalue weighted by atomic mass is 10.0. The van der Waals surface area contributed by atoms with Crippen molar-refractivity contribution < 1.29 is 38.7 Å². The molecule has 2 aliphatic heterocycles. The number of β-lactam (4-membered cyclic amide) rings is 1. The Bertz CT molecular complexity index is 1650. The minimum Gasteiger partial charge on any atom is -0.477 e. The molecule has 0 aliphatic carbocycles. The van der Waals surface area contributed by atoms with Crippen molar-refractivity contribution in [1.29, 1.82) is 0 Å². The van der Waals surface area contributed by atoms with E-state index < -0.39 is 47.9 Å². The fourth-order valence-electron chi connectivity index (χ4n) is 4.61. The molecule has 2 aliphatic rings. The van der Waals surface area contributed by atoms with Gasteiger partial charge in [-0.1, -0.05) is 78.5 Å². The lowest BCUT2D eigenvalue weighted by Gasteiger charge is -2.49. The highest BCUT2D eigenvalue weighted by Gasteiger charge is 2.54. The fraction of sp³-hybridized carbons (Fsp3) is 0.167. The number of carbonyl (C=O) groups excluding carboxylic acids is 4. The number of anilines is 1. The number of carbonyl (C=O) groups is 5. The van der Waals surface area contributed by atoms with Crippen molar-refractivity contribution in [2.24, 2.45) is 5.16 Å². The molecule has 3 N–H and O–H groups in total. The van der Waals surface area contributed by atoms with E-state index in [-0.39, 0.29) is 28.0 Å². The van der Waals surface area contributed by atoms with Gasteiger partial charge in [-0.05, 0) is 16.7 Å². The van der Waals surface area contributed by atoms with Crippen LogP contribution in [0.15, 0.2) is 95.1 Å². The van der Waals surface area contributed by atoms with Gasteiger partial charge < -0.3 is 25.3 Å². The highest BCUT2D eigenvalue weighted by molar-refractivity contribution is 8.00. The molecule has 0 radical (unpaired) electrons. The number of oxime groups is 1. The number of thiazole rings is 1. The summed E-state index contributed by atoms with van der Waals surface area (Å²) in [4.78, 5) is 72.4. The molecule has 3 heterocycles. The molecule has 1 aromatic heterocycles. The molecular formula is C30H25N5O8S2. The second kappa shape index (κ2) is 14.0. The van der Waals surface area contributed by atoms with E-state index >= 15 is 0 Å². The van der Waals surface area contributed by atoms with Gasteiger partial charge in [0.2, 0.25) is 13.0 Å². The number of nitrogens with zero attached hydrogens (tertiary/aromatic N) is 3. The van der Waals surface area contributed by atoms with Gasteiger partial charge in [-0.25, -0.2) is 14.6 Å². The summed E-state index contributed by atoms with van der Waals surface area (Å²) in [6.45, 7) is 2.95. The van der Waals surface area contributed by atoms with Crippen LogP contribution in [0.5, 0.6) is 0 Å². The van der Waals surface area contributed by atoms with E-state index in [9.17, 15) is 29.1 Å². The highest BCUT2D eigenvalue weighted by Crippen LogP contribution is 2.40. The molecule has 2 aromatic carbocycles. The summed E-state index contributed by atoms with van der Waals surface area (Å²) in [5, 5.41) is 19.4. The van der Waals surface area contributed by atoms with Crippen LogP contribution in [0.2, 0.25) is 0 Å². The summed E-state index contributed by atoms with van der Waals surface area (Å²) in [5.41, 5.74) is 1.30. The number of allylic oxidation sites excluding steroid dienone is 1. The van der Waals surface area contributed by atoms with Crippen LogP contribution in [0.1, 0.15) is 22.9 Å². The number of nitrogens with one attached hydrogen (secondary N) is 2. The molecule has 0 bridgehead atoms. The van der Waals surface area contributed by atoms with Crippen molar-refractivity contribution in [3.8, 4) is 0 Å². The van der Waals surface area contributed by atoms with Gasteiger partial charge in [0, 0.05) is 11.1 Å². The second-order valence-electron chi connectivity index (χ2n) is 9.45. The van der Waals surface area contributed by atoms with Crippen molar-refractivity contribution in [2.45, 2.75) is 17.5 Å². The Morgan fingerprint density at radius 1 is 1.13 bits per heavy atom. The first-order chi connectivity index (χ1) is 21.8. The lowest BCUT2D eigenvalue weighted by Crippen LogP contribution is -2.71. The summed E-state index contributed by atoms with van der Waals surface area (Å²) in [7, 11) is 0. The Kier molecular flexibility index (Phi) is 9.70. The van der Waals surface area contributed by atoms with Gasteiger partial charge in [0.05, 0.1) is 0 Å². The predicted molar refractivity (Wildman–Crippen MR) is 165 cm³/mol. The minimum absolute atomic E-state index is 0.00153. The van der Waals surface area contributed by atoms with Gasteiger partial charge in [-0.2, -0.15) is 0 Å². The molecule has 5 rings (SSSR count). The molecule has 0 saturated carbocycles. The summed E-state index contributed by atoms with van der Waals surface area (Å²) in [6.07, 6.45) is 1.07. The molecular weight excluding hydrogens is 622 g/mol. The third-order valence-electron chi connectivity index (χ3n) is 6.67. The number of carboxylic acids is 1. The number of esters is 1. The molecule has 2 atom stereocenters. The van der Waals surface area contributed by atoms with Gasteiger partial charge in [-0.3, -0.25) is 19.3 Å². The molecule has 15 heteroatoms. The average Bonchev–Trinajstić information content (AvgIpc) is 3.52. The molecule has 13 nitrogen and oxygen atoms in total. The van der Waals surface area contributed by atoms with Crippen LogP contribution in [-0.4, -0.2) is 74.6 Å². The van der Waals surface area contributed by atoms with Crippen LogP contribution in [-0.2, 0) is 33.5 Å². The van der Waals surface area contributed by atoms with Crippen molar-refractivity contribution in [3.05, 3.63) is 107 Å². The molecule has 45 heavy (non-hydrogen) atoms. The molecule has 1 saturated heterocycles. The molecule has 1 unspecified atom stereocenters. The van der Waals surface area contributed by atoms with E-state index in [2.05, 4.69) is 27.4 Å². The number of hydrogen-bond acceptors (Lipinski definition) is 11. The Morgan fingerprint density at radius 3 is 2.40 bits per heavy atom. The number of benzene rings is 2. The first kappa shape index (κ1) is 31.2. The van der Waals surface area contributed by atoms with Crippen LogP contribution < -0.4 is 10.6 Å². The number of ether oxygens (including phenoxy) is 1. The van der Waals surface area contributed by atoms with Crippen molar-refractivity contribution in [3.63, 3.8) is 0 Å². The van der Waals surface area contributed by atoms with E-state index in [1.165, 1.54) is 23.2 Å². The largest absolute Gasteiger partial charge is 0.477 e. The van der Waals surface area contributed by atoms with Crippen molar-refractivity contribution >= 4 is 64.1 Å². The highest BCUT2D eigenvalue weighted by atomic mass is 32.2. The number of rotatable bonds is 13. The van der Waals surface area contributed by atoms with Gasteiger partial charge in [0.1, 0.15) is 22.8 Å². The maximum atomic E-state index is 13.4. The van der Waals surface area contributed by atoms with Gasteiger partial charge >= 0.3 is 11.9 Å². The van der Waals surface area contributed by atoms with Crippen LogP contribution >= 0.6 is 23.1 Å². The van der Waals surface area contributed by atoms with Gasteiger partial charge in [0.15, 0.2) is 16.9 Å². The lowest BCUT2D eigenvalue weighted by molar-refractivity contribution is -0.153. The van der Waals surface area contributed by atoms with E-state index in [0.29, 0.717) is 12.0 Å². The Labute approximate surface area is 264 Å². The third-order valence-corrected chi connectivity index (χ3v) is 8.75. The van der Waals surface area contributed by atoms with Crippen molar-refractivity contribution in [1.82, 2.24) is 15.2 Å². The van der Waals surface area contributed by atoms with E-state index in [0.717, 1.165) is 27.4 Å². The average molecular weight is 648 g/mol. The maximum absolute atomic E-state index is 13.4. The zero-order chi connectivity index (χ0) is 31.9. The molecule has 3 amide bonds. The quantitative estimate of drug-likeness (QED) is 0.0822. The van der Waals surface area contributed by atoms with Crippen LogP contribution in [0, 0.1) is 0 Å².